The van der Waals surface area contributed by atoms with Gasteiger partial charge in [-0.2, -0.15) is 0 Å². The van der Waals surface area contributed by atoms with Crippen LogP contribution in [-0.4, -0.2) is 9.97 Å². The van der Waals surface area contributed by atoms with E-state index in [4.69, 9.17) is 9.97 Å². The Balaban J connectivity index is 0.938. The molecule has 0 N–H and O–H groups in total. The lowest BCUT2D eigenvalue weighted by Gasteiger charge is -2.17. The van der Waals surface area contributed by atoms with E-state index in [0.29, 0.717) is 5.82 Å². The highest BCUT2D eigenvalue weighted by Gasteiger charge is 2.18. The van der Waals surface area contributed by atoms with E-state index >= 15 is 0 Å². The van der Waals surface area contributed by atoms with Gasteiger partial charge in [-0.15, -0.1) is 11.3 Å². The van der Waals surface area contributed by atoms with E-state index in [-0.39, 0.29) is 0 Å². The zero-order valence-corrected chi connectivity index (χ0v) is 35.9. The van der Waals surface area contributed by atoms with Gasteiger partial charge in [-0.1, -0.05) is 188 Å². The molecule has 3 heteroatoms. The highest BCUT2D eigenvalue weighted by Crippen LogP contribution is 2.45. The van der Waals surface area contributed by atoms with Gasteiger partial charge in [-0.25, -0.2) is 9.97 Å². The number of thiophene rings is 1. The van der Waals surface area contributed by atoms with Gasteiger partial charge in [0.1, 0.15) is 0 Å². The first-order valence-electron chi connectivity index (χ1n) is 22.2. The summed E-state index contributed by atoms with van der Waals surface area (Å²) in [5.41, 5.74) is 9.60. The van der Waals surface area contributed by atoms with Crippen LogP contribution >= 0.6 is 11.3 Å². The van der Waals surface area contributed by atoms with Gasteiger partial charge < -0.3 is 0 Å². The number of hydrogen-bond acceptors (Lipinski definition) is 3. The van der Waals surface area contributed by atoms with Gasteiger partial charge in [0, 0.05) is 36.9 Å². The summed E-state index contributed by atoms with van der Waals surface area (Å²) in [6.07, 6.45) is 0. The molecular formula is C62H36N2S. The maximum Gasteiger partial charge on any atom is 0.160 e. The van der Waals surface area contributed by atoms with Crippen LogP contribution in [0.15, 0.2) is 218 Å². The molecule has 0 bridgehead atoms. The highest BCUT2D eigenvalue weighted by atomic mass is 32.1. The second-order valence-electron chi connectivity index (χ2n) is 17.2. The summed E-state index contributed by atoms with van der Waals surface area (Å²) < 4.78 is 2.63. The molecule has 12 aromatic carbocycles. The van der Waals surface area contributed by atoms with Crippen LogP contribution in [0.25, 0.3) is 141 Å². The van der Waals surface area contributed by atoms with E-state index < -0.39 is 0 Å². The minimum atomic E-state index is 0.704. The summed E-state index contributed by atoms with van der Waals surface area (Å²) in [6.45, 7) is 0. The summed E-state index contributed by atoms with van der Waals surface area (Å²) in [5, 5.41) is 18.0. The lowest BCUT2D eigenvalue weighted by Crippen LogP contribution is -1.96. The molecule has 0 aliphatic carbocycles. The van der Waals surface area contributed by atoms with E-state index in [1.807, 2.05) is 17.4 Å². The third kappa shape index (κ3) is 5.66. The third-order valence-electron chi connectivity index (χ3n) is 13.6. The minimum Gasteiger partial charge on any atom is -0.228 e. The molecule has 0 radical (unpaired) electrons. The molecule has 2 aromatic heterocycles. The second kappa shape index (κ2) is 14.1. The molecule has 0 saturated carbocycles. The zero-order valence-electron chi connectivity index (χ0n) is 35.1. The van der Waals surface area contributed by atoms with E-state index in [0.717, 1.165) is 33.6 Å². The van der Waals surface area contributed by atoms with Crippen molar-refractivity contribution in [1.29, 1.82) is 0 Å². The number of fused-ring (bicyclic) bond motifs is 5. The summed E-state index contributed by atoms with van der Waals surface area (Å²) in [4.78, 5) is 10.5. The van der Waals surface area contributed by atoms with Crippen molar-refractivity contribution in [2.24, 2.45) is 0 Å². The van der Waals surface area contributed by atoms with Crippen molar-refractivity contribution in [3.8, 4) is 56.2 Å². The molecular weight excluding hydrogens is 805 g/mol. The Morgan fingerprint density at radius 2 is 0.800 bits per heavy atom. The van der Waals surface area contributed by atoms with Crippen molar-refractivity contribution < 1.29 is 0 Å². The summed E-state index contributed by atoms with van der Waals surface area (Å²) in [6, 6.07) is 79.9. The minimum absolute atomic E-state index is 0.704. The smallest absolute Gasteiger partial charge is 0.160 e. The molecule has 65 heavy (non-hydrogen) atoms. The van der Waals surface area contributed by atoms with Gasteiger partial charge in [0.05, 0.1) is 11.4 Å². The van der Waals surface area contributed by atoms with Crippen LogP contribution in [0.5, 0.6) is 0 Å². The molecule has 0 spiro atoms. The van der Waals surface area contributed by atoms with E-state index in [1.165, 1.54) is 101 Å². The largest absolute Gasteiger partial charge is 0.228 e. The number of benzene rings is 11. The summed E-state index contributed by atoms with van der Waals surface area (Å²) in [5.74, 6) is 0.704. The second-order valence-corrected chi connectivity index (χ2v) is 18.3. The maximum atomic E-state index is 5.26. The number of rotatable bonds is 5. The van der Waals surface area contributed by atoms with Crippen LogP contribution in [0.2, 0.25) is 0 Å². The summed E-state index contributed by atoms with van der Waals surface area (Å²) >= 11 is 1.86. The normalized spacial score (nSPS) is 12.0. The van der Waals surface area contributed by atoms with Gasteiger partial charge in [-0.05, 0) is 117 Å². The molecule has 0 saturated heterocycles. The fraction of sp³-hybridized carbons (Fsp3) is 0. The van der Waals surface area contributed by atoms with Crippen LogP contribution in [0.4, 0.5) is 0 Å². The molecule has 2 heterocycles. The lowest BCUT2D eigenvalue weighted by molar-refractivity contribution is 1.18. The van der Waals surface area contributed by atoms with Crippen molar-refractivity contribution in [2.45, 2.75) is 0 Å². The van der Waals surface area contributed by atoms with Crippen molar-refractivity contribution in [1.82, 2.24) is 9.97 Å². The predicted octanol–water partition coefficient (Wildman–Crippen LogP) is 17.5. The fourth-order valence-corrected chi connectivity index (χ4v) is 11.8. The SMILES string of the molecule is c1ccc(-c2nc(-c3ccc(-c4cccc5c4sc4ccccc45)cc3)cc(-c3cccc(-c4cc5ccc6cccc7c8cccc9ccc%10cccc(c(c4)c5c67)c%10c98)c3)n2)cc1. The number of hydrogen-bond donors (Lipinski definition) is 0. The molecule has 2 nitrogen and oxygen atoms in total. The van der Waals surface area contributed by atoms with Crippen molar-refractivity contribution >= 4 is 96.1 Å². The number of aromatic nitrogens is 2. The Kier molecular flexibility index (Phi) is 7.89. The van der Waals surface area contributed by atoms with Gasteiger partial charge in [-0.3, -0.25) is 0 Å². The van der Waals surface area contributed by atoms with Crippen LogP contribution in [0, 0.1) is 0 Å². The Bertz CT molecular complexity index is 4220. The van der Waals surface area contributed by atoms with Gasteiger partial charge in [0.25, 0.3) is 0 Å². The van der Waals surface area contributed by atoms with E-state index in [1.54, 1.807) is 0 Å². The van der Waals surface area contributed by atoms with Gasteiger partial charge in [0.15, 0.2) is 5.82 Å². The lowest BCUT2D eigenvalue weighted by atomic mass is 9.86. The molecule has 0 aliphatic rings. The van der Waals surface area contributed by atoms with E-state index in [9.17, 15) is 0 Å². The topological polar surface area (TPSA) is 25.8 Å². The average molecular weight is 841 g/mol. The zero-order chi connectivity index (χ0) is 42.6. The van der Waals surface area contributed by atoms with Crippen molar-refractivity contribution in [3.63, 3.8) is 0 Å². The first kappa shape index (κ1) is 36.3. The first-order chi connectivity index (χ1) is 32.2. The van der Waals surface area contributed by atoms with Crippen molar-refractivity contribution in [2.75, 3.05) is 0 Å². The molecule has 0 unspecified atom stereocenters. The molecule has 0 fully saturated rings. The average Bonchev–Trinajstić information content (AvgIpc) is 3.76. The third-order valence-corrected chi connectivity index (χ3v) is 14.8. The molecule has 14 aromatic rings. The van der Waals surface area contributed by atoms with Crippen LogP contribution < -0.4 is 0 Å². The Morgan fingerprint density at radius 1 is 0.277 bits per heavy atom. The highest BCUT2D eigenvalue weighted by molar-refractivity contribution is 7.26. The first-order valence-corrected chi connectivity index (χ1v) is 23.0. The Morgan fingerprint density at radius 3 is 1.52 bits per heavy atom. The predicted molar refractivity (Wildman–Crippen MR) is 278 cm³/mol. The Hall–Kier alpha value is -8.24. The summed E-state index contributed by atoms with van der Waals surface area (Å²) in [7, 11) is 0. The molecule has 0 amide bonds. The monoisotopic (exact) mass is 840 g/mol. The molecule has 300 valence electrons. The van der Waals surface area contributed by atoms with Crippen LogP contribution in [-0.2, 0) is 0 Å². The molecule has 0 atom stereocenters. The maximum absolute atomic E-state index is 5.26. The quantitative estimate of drug-likeness (QED) is 0.161. The van der Waals surface area contributed by atoms with Crippen molar-refractivity contribution in [3.05, 3.63) is 218 Å². The Labute approximate surface area is 378 Å². The van der Waals surface area contributed by atoms with Crippen LogP contribution in [0.1, 0.15) is 0 Å². The van der Waals surface area contributed by atoms with E-state index in [2.05, 4.69) is 212 Å². The van der Waals surface area contributed by atoms with Gasteiger partial charge in [0.2, 0.25) is 0 Å². The standard InChI is InChI=1S/C62H36N2S/c1-2-11-42(12-3-1)62-63-54(38-27-25-37(26-28-38)47-19-10-23-52-48-18-4-5-24-56(48)65-61(47)52)36-55(64-62)44-17-6-16-43(33-44)46-34-45-32-31-41-14-8-21-50-49-20-7-13-39-29-30-40-15-9-22-51(59(40)57(39)49)53(35-46)60(45)58(41)50/h1-36H. The molecule has 0 aliphatic heterocycles. The fourth-order valence-electron chi connectivity index (χ4n) is 10.6. The van der Waals surface area contributed by atoms with Crippen LogP contribution in [0.3, 0.4) is 0 Å². The van der Waals surface area contributed by atoms with Gasteiger partial charge >= 0.3 is 0 Å². The molecule has 14 rings (SSSR count). The number of nitrogens with zero attached hydrogens (tertiary/aromatic N) is 2.